The summed E-state index contributed by atoms with van der Waals surface area (Å²) in [5.41, 5.74) is 3.18. The minimum atomic E-state index is -0.345. The standard InChI is InChI=1S/C34H39Cl2N7O5/c1-37-33(46)25-13-10-21(17-39-25)11-15-29(44)40-18-30(45)42(2)26-14-12-24(35)23(31(26)36)20-48-28-9-6-8-27-32(28)41-34(47-3)43(27)19-22-7-4-5-16-38-22/h4-9,12,14,16,21,25,39H,10-11,13,15,17-20H2,1-3H3,(H,37,46)(H,40,44)/t21-,25+/m1/s1. The van der Waals surface area contributed by atoms with Crippen molar-refractivity contribution < 1.29 is 23.9 Å². The predicted molar refractivity (Wildman–Crippen MR) is 185 cm³/mol. The molecule has 1 fully saturated rings. The van der Waals surface area contributed by atoms with Crippen LogP contribution >= 0.6 is 23.2 Å². The van der Waals surface area contributed by atoms with Crippen molar-refractivity contribution in [2.24, 2.45) is 5.92 Å². The number of hydrogen-bond donors (Lipinski definition) is 3. The second kappa shape index (κ2) is 16.1. The number of para-hydroxylation sites is 1. The monoisotopic (exact) mass is 695 g/mol. The molecule has 1 saturated heterocycles. The van der Waals surface area contributed by atoms with Crippen molar-refractivity contribution in [2.75, 3.05) is 39.2 Å². The van der Waals surface area contributed by atoms with Gasteiger partial charge >= 0.3 is 0 Å². The van der Waals surface area contributed by atoms with Gasteiger partial charge in [-0.2, -0.15) is 4.98 Å². The number of imidazole rings is 1. The number of carbonyl (C=O) groups excluding carboxylic acids is 3. The number of rotatable bonds is 13. The van der Waals surface area contributed by atoms with Gasteiger partial charge in [-0.1, -0.05) is 35.3 Å². The number of anilines is 1. The van der Waals surface area contributed by atoms with Crippen LogP contribution in [0.15, 0.2) is 54.7 Å². The summed E-state index contributed by atoms with van der Waals surface area (Å²) in [6.07, 6.45) is 4.28. The Kier molecular flexibility index (Phi) is 11.7. The van der Waals surface area contributed by atoms with E-state index in [0.29, 0.717) is 59.0 Å². The summed E-state index contributed by atoms with van der Waals surface area (Å²) >= 11 is 13.3. The molecule has 1 aliphatic rings. The molecular weight excluding hydrogens is 657 g/mol. The summed E-state index contributed by atoms with van der Waals surface area (Å²) in [5.74, 6) is 0.219. The molecule has 3 amide bonds. The third-order valence-electron chi connectivity index (χ3n) is 8.50. The number of hydrogen-bond acceptors (Lipinski definition) is 8. The zero-order valence-corrected chi connectivity index (χ0v) is 28.6. The average molecular weight is 697 g/mol. The fourth-order valence-electron chi connectivity index (χ4n) is 5.72. The van der Waals surface area contributed by atoms with E-state index in [0.717, 1.165) is 24.1 Å². The van der Waals surface area contributed by atoms with Crippen molar-refractivity contribution in [3.05, 3.63) is 76.0 Å². The van der Waals surface area contributed by atoms with Crippen molar-refractivity contribution in [3.63, 3.8) is 0 Å². The summed E-state index contributed by atoms with van der Waals surface area (Å²) in [5, 5.41) is 9.24. The number of benzene rings is 2. The Morgan fingerprint density at radius 1 is 1.10 bits per heavy atom. The lowest BCUT2D eigenvalue weighted by atomic mass is 9.90. The molecule has 3 heterocycles. The third-order valence-corrected chi connectivity index (χ3v) is 9.28. The highest BCUT2D eigenvalue weighted by Gasteiger charge is 2.26. The Balaban J connectivity index is 1.19. The molecule has 4 aromatic rings. The largest absolute Gasteiger partial charge is 0.486 e. The van der Waals surface area contributed by atoms with E-state index >= 15 is 0 Å². The number of fused-ring (bicyclic) bond motifs is 1. The van der Waals surface area contributed by atoms with Crippen LogP contribution < -0.4 is 30.3 Å². The summed E-state index contributed by atoms with van der Waals surface area (Å²) in [7, 11) is 4.77. The fraction of sp³-hybridized carbons (Fsp3) is 0.382. The lowest BCUT2D eigenvalue weighted by molar-refractivity contribution is -0.125. The summed E-state index contributed by atoms with van der Waals surface area (Å²) in [4.78, 5) is 47.9. The van der Waals surface area contributed by atoms with Gasteiger partial charge in [-0.05, 0) is 68.1 Å². The van der Waals surface area contributed by atoms with Gasteiger partial charge < -0.3 is 30.3 Å². The van der Waals surface area contributed by atoms with Crippen LogP contribution in [0.1, 0.15) is 36.9 Å². The van der Waals surface area contributed by atoms with Crippen molar-refractivity contribution in [1.29, 1.82) is 0 Å². The van der Waals surface area contributed by atoms with Gasteiger partial charge in [0, 0.05) is 37.3 Å². The average Bonchev–Trinajstić information content (AvgIpc) is 3.47. The molecular formula is C34H39Cl2N7O5. The van der Waals surface area contributed by atoms with Crippen LogP contribution in [0.5, 0.6) is 11.8 Å². The number of pyridine rings is 1. The molecule has 254 valence electrons. The number of aromatic nitrogens is 3. The molecule has 48 heavy (non-hydrogen) atoms. The van der Waals surface area contributed by atoms with E-state index in [2.05, 4.69) is 25.9 Å². The number of carbonyl (C=O) groups is 3. The van der Waals surface area contributed by atoms with Gasteiger partial charge in [0.05, 0.1) is 48.2 Å². The van der Waals surface area contributed by atoms with Crippen LogP contribution in [0.4, 0.5) is 5.69 Å². The molecule has 1 aliphatic heterocycles. The Bertz CT molecular complexity index is 1760. The number of amides is 3. The number of piperidine rings is 1. The van der Waals surface area contributed by atoms with E-state index in [1.165, 1.54) is 4.90 Å². The lowest BCUT2D eigenvalue weighted by Crippen LogP contribution is -2.48. The molecule has 0 aliphatic carbocycles. The molecule has 0 unspecified atom stereocenters. The SMILES string of the molecule is CNC(=O)[C@@H]1CC[C@H](CCC(=O)NCC(=O)N(C)c2ccc(Cl)c(COc3cccc4c3nc(OC)n4Cc3ccccn3)c2Cl)CN1. The van der Waals surface area contributed by atoms with Crippen molar-refractivity contribution in [2.45, 2.75) is 44.9 Å². The summed E-state index contributed by atoms with van der Waals surface area (Å²) in [6.45, 7) is 0.960. The summed E-state index contributed by atoms with van der Waals surface area (Å²) in [6, 6.07) is 14.8. The first-order valence-electron chi connectivity index (χ1n) is 15.7. The molecule has 0 spiro atoms. The van der Waals surface area contributed by atoms with E-state index in [4.69, 9.17) is 32.7 Å². The molecule has 0 saturated carbocycles. The number of ether oxygens (including phenoxy) is 2. The second-order valence-electron chi connectivity index (χ2n) is 11.6. The van der Waals surface area contributed by atoms with E-state index in [-0.39, 0.29) is 48.4 Å². The van der Waals surface area contributed by atoms with Crippen LogP contribution in [0.2, 0.25) is 10.0 Å². The Hall–Kier alpha value is -4.39. The highest BCUT2D eigenvalue weighted by Crippen LogP contribution is 2.36. The predicted octanol–water partition coefficient (Wildman–Crippen LogP) is 4.35. The van der Waals surface area contributed by atoms with Crippen molar-refractivity contribution >= 4 is 57.6 Å². The fourth-order valence-corrected chi connectivity index (χ4v) is 6.32. The summed E-state index contributed by atoms with van der Waals surface area (Å²) < 4.78 is 13.7. The Morgan fingerprint density at radius 2 is 1.94 bits per heavy atom. The quantitative estimate of drug-likeness (QED) is 0.188. The molecule has 0 bridgehead atoms. The van der Waals surface area contributed by atoms with Crippen LogP contribution in [-0.4, -0.2) is 72.6 Å². The number of halogens is 2. The lowest BCUT2D eigenvalue weighted by Gasteiger charge is -2.28. The smallest absolute Gasteiger partial charge is 0.297 e. The maximum absolute atomic E-state index is 13.1. The first kappa shape index (κ1) is 34.9. The number of nitrogens with zero attached hydrogens (tertiary/aromatic N) is 4. The molecule has 14 heteroatoms. The number of likely N-dealkylation sites (N-methyl/N-ethyl adjacent to an activating group) is 2. The van der Waals surface area contributed by atoms with E-state index < -0.39 is 0 Å². The maximum atomic E-state index is 13.1. The minimum Gasteiger partial charge on any atom is -0.486 e. The molecule has 2 atom stereocenters. The highest BCUT2D eigenvalue weighted by atomic mass is 35.5. The molecule has 5 rings (SSSR count). The van der Waals surface area contributed by atoms with Crippen LogP contribution in [0.25, 0.3) is 11.0 Å². The van der Waals surface area contributed by atoms with Gasteiger partial charge in [-0.15, -0.1) is 0 Å². The topological polar surface area (TPSA) is 140 Å². The third kappa shape index (κ3) is 8.18. The van der Waals surface area contributed by atoms with Crippen LogP contribution in [0.3, 0.4) is 0 Å². The minimum absolute atomic E-state index is 0.0126. The zero-order chi connectivity index (χ0) is 34.2. The van der Waals surface area contributed by atoms with Gasteiger partial charge in [0.15, 0.2) is 0 Å². The number of nitrogens with one attached hydrogen (secondary N) is 3. The van der Waals surface area contributed by atoms with Crippen molar-refractivity contribution in [1.82, 2.24) is 30.5 Å². The van der Waals surface area contributed by atoms with Crippen LogP contribution in [-0.2, 0) is 27.5 Å². The number of methoxy groups -OCH3 is 1. The Labute approximate surface area is 289 Å². The Morgan fingerprint density at radius 3 is 2.65 bits per heavy atom. The molecule has 0 radical (unpaired) electrons. The van der Waals surface area contributed by atoms with E-state index in [1.54, 1.807) is 45.6 Å². The van der Waals surface area contributed by atoms with Gasteiger partial charge in [-0.25, -0.2) is 0 Å². The van der Waals surface area contributed by atoms with E-state index in [1.807, 2.05) is 34.9 Å². The molecule has 3 N–H and O–H groups in total. The maximum Gasteiger partial charge on any atom is 0.297 e. The first-order valence-corrected chi connectivity index (χ1v) is 16.5. The molecule has 2 aromatic carbocycles. The second-order valence-corrected chi connectivity index (χ2v) is 12.3. The van der Waals surface area contributed by atoms with Crippen LogP contribution in [0, 0.1) is 5.92 Å². The van der Waals surface area contributed by atoms with Gasteiger partial charge in [0.1, 0.15) is 17.9 Å². The van der Waals surface area contributed by atoms with Crippen molar-refractivity contribution in [3.8, 4) is 11.8 Å². The normalized spacial score (nSPS) is 15.9. The highest BCUT2D eigenvalue weighted by molar-refractivity contribution is 6.38. The zero-order valence-electron chi connectivity index (χ0n) is 27.1. The molecule has 12 nitrogen and oxygen atoms in total. The first-order chi connectivity index (χ1) is 23.2. The van der Waals surface area contributed by atoms with Gasteiger partial charge in [0.25, 0.3) is 6.01 Å². The van der Waals surface area contributed by atoms with Gasteiger partial charge in [0.2, 0.25) is 17.7 Å². The van der Waals surface area contributed by atoms with E-state index in [9.17, 15) is 14.4 Å². The van der Waals surface area contributed by atoms with Gasteiger partial charge in [-0.3, -0.25) is 23.9 Å². The molecule has 2 aromatic heterocycles.